The highest BCUT2D eigenvalue weighted by Crippen LogP contribution is 2.07. The molecule has 2 aromatic rings. The average molecular weight is 386 g/mol. The minimum absolute atomic E-state index is 0.118. The molecule has 3 amide bonds. The Bertz CT molecular complexity index is 780. The summed E-state index contributed by atoms with van der Waals surface area (Å²) >= 11 is 0. The molecule has 2 aromatic carbocycles. The minimum Gasteiger partial charge on any atom is -0.350 e. The number of hydrogen-bond donors (Lipinski definition) is 3. The second-order valence-corrected chi connectivity index (χ2v) is 6.59. The van der Waals surface area contributed by atoms with Crippen LogP contribution >= 0.6 is 0 Å². The lowest BCUT2D eigenvalue weighted by Crippen LogP contribution is -2.41. The third-order valence-corrected chi connectivity index (χ3v) is 4.25. The molecule has 7 heteroatoms. The van der Waals surface area contributed by atoms with Gasteiger partial charge in [-0.15, -0.1) is 0 Å². The lowest BCUT2D eigenvalue weighted by atomic mass is 10.1. The van der Waals surface area contributed by atoms with Crippen molar-refractivity contribution in [3.05, 3.63) is 71.0 Å². The van der Waals surface area contributed by atoms with Gasteiger partial charge >= 0.3 is 6.03 Å². The maximum Gasteiger partial charge on any atom is 0.315 e. The van der Waals surface area contributed by atoms with Crippen LogP contribution in [-0.2, 0) is 24.4 Å². The summed E-state index contributed by atoms with van der Waals surface area (Å²) < 4.78 is 12.8. The molecule has 0 radical (unpaired) electrons. The van der Waals surface area contributed by atoms with E-state index in [1.54, 1.807) is 12.1 Å². The van der Waals surface area contributed by atoms with Gasteiger partial charge in [0, 0.05) is 19.6 Å². The maximum absolute atomic E-state index is 12.8. The smallest absolute Gasteiger partial charge is 0.315 e. The number of halogens is 1. The molecule has 0 atom stereocenters. The number of nitrogens with zero attached hydrogens (tertiary/aromatic N) is 1. The number of carbonyl (C=O) groups is 2. The standard InChI is InChI=1S/C21H27FN4O2/c1-3-26(2)15-18-6-4-5-17(11-18)13-23-20(27)14-25-21(28)24-12-16-7-9-19(22)10-8-16/h4-11H,3,12-15H2,1-2H3,(H,23,27)(H2,24,25,28). The van der Waals surface area contributed by atoms with Gasteiger partial charge in [0.2, 0.25) is 5.91 Å². The highest BCUT2D eigenvalue weighted by Gasteiger charge is 2.06. The molecular weight excluding hydrogens is 359 g/mol. The fourth-order valence-electron chi connectivity index (χ4n) is 2.53. The molecule has 0 spiro atoms. The predicted octanol–water partition coefficient (Wildman–Crippen LogP) is 2.39. The quantitative estimate of drug-likeness (QED) is 0.620. The highest BCUT2D eigenvalue weighted by atomic mass is 19.1. The molecule has 3 N–H and O–H groups in total. The van der Waals surface area contributed by atoms with E-state index in [0.29, 0.717) is 6.54 Å². The molecule has 0 heterocycles. The van der Waals surface area contributed by atoms with Crippen LogP contribution in [0.1, 0.15) is 23.6 Å². The van der Waals surface area contributed by atoms with Crippen molar-refractivity contribution in [3.63, 3.8) is 0 Å². The van der Waals surface area contributed by atoms with Crippen molar-refractivity contribution in [2.45, 2.75) is 26.6 Å². The SMILES string of the molecule is CCN(C)Cc1cccc(CNC(=O)CNC(=O)NCc2ccc(F)cc2)c1. The van der Waals surface area contributed by atoms with Gasteiger partial charge in [-0.2, -0.15) is 0 Å². The molecular formula is C21H27FN4O2. The average Bonchev–Trinajstić information content (AvgIpc) is 2.70. The second kappa shape index (κ2) is 11.0. The van der Waals surface area contributed by atoms with E-state index >= 15 is 0 Å². The van der Waals surface area contributed by atoms with E-state index in [1.807, 2.05) is 12.1 Å². The molecule has 0 unspecified atom stereocenters. The first kappa shape index (κ1) is 21.4. The third-order valence-electron chi connectivity index (χ3n) is 4.25. The first-order valence-corrected chi connectivity index (χ1v) is 9.25. The molecule has 0 aliphatic heterocycles. The first-order chi connectivity index (χ1) is 13.5. The third kappa shape index (κ3) is 7.75. The van der Waals surface area contributed by atoms with Crippen molar-refractivity contribution >= 4 is 11.9 Å². The van der Waals surface area contributed by atoms with E-state index < -0.39 is 6.03 Å². The van der Waals surface area contributed by atoms with Crippen molar-refractivity contribution in [3.8, 4) is 0 Å². The molecule has 2 rings (SSSR count). The molecule has 28 heavy (non-hydrogen) atoms. The van der Waals surface area contributed by atoms with Gasteiger partial charge in [0.25, 0.3) is 0 Å². The molecule has 0 saturated carbocycles. The van der Waals surface area contributed by atoms with Gasteiger partial charge in [-0.1, -0.05) is 43.3 Å². The summed E-state index contributed by atoms with van der Waals surface area (Å²) in [6, 6.07) is 13.4. The van der Waals surface area contributed by atoms with Gasteiger partial charge < -0.3 is 20.9 Å². The highest BCUT2D eigenvalue weighted by molar-refractivity contribution is 5.83. The second-order valence-electron chi connectivity index (χ2n) is 6.59. The number of carbonyl (C=O) groups excluding carboxylic acids is 2. The molecule has 150 valence electrons. The largest absolute Gasteiger partial charge is 0.350 e. The van der Waals surface area contributed by atoms with Crippen LogP contribution in [0.5, 0.6) is 0 Å². The lowest BCUT2D eigenvalue weighted by molar-refractivity contribution is -0.120. The summed E-state index contributed by atoms with van der Waals surface area (Å²) in [5, 5.41) is 7.92. The summed E-state index contributed by atoms with van der Waals surface area (Å²) in [7, 11) is 2.06. The number of urea groups is 1. The minimum atomic E-state index is -0.455. The van der Waals surface area contributed by atoms with Crippen LogP contribution in [0.3, 0.4) is 0 Å². The maximum atomic E-state index is 12.8. The van der Waals surface area contributed by atoms with E-state index in [9.17, 15) is 14.0 Å². The van der Waals surface area contributed by atoms with Crippen LogP contribution in [0.4, 0.5) is 9.18 Å². The number of amides is 3. The van der Waals surface area contributed by atoms with E-state index in [0.717, 1.165) is 24.2 Å². The first-order valence-electron chi connectivity index (χ1n) is 9.25. The normalized spacial score (nSPS) is 10.6. The Kier molecular flexibility index (Phi) is 8.42. The van der Waals surface area contributed by atoms with E-state index in [4.69, 9.17) is 0 Å². The van der Waals surface area contributed by atoms with Gasteiger partial charge in [0.15, 0.2) is 0 Å². The zero-order valence-corrected chi connectivity index (χ0v) is 16.3. The van der Waals surface area contributed by atoms with E-state index in [-0.39, 0.29) is 24.8 Å². The Morgan fingerprint density at radius 1 is 0.929 bits per heavy atom. The Labute approximate surface area is 165 Å². The molecule has 0 aromatic heterocycles. The number of rotatable bonds is 9. The van der Waals surface area contributed by atoms with E-state index in [1.165, 1.54) is 17.7 Å². The fraction of sp³-hybridized carbons (Fsp3) is 0.333. The van der Waals surface area contributed by atoms with Crippen LogP contribution in [0.2, 0.25) is 0 Å². The lowest BCUT2D eigenvalue weighted by Gasteiger charge is -2.14. The van der Waals surface area contributed by atoms with Crippen LogP contribution < -0.4 is 16.0 Å². The van der Waals surface area contributed by atoms with Crippen LogP contribution in [0.25, 0.3) is 0 Å². The van der Waals surface area contributed by atoms with Gasteiger partial charge in [-0.05, 0) is 42.4 Å². The zero-order chi connectivity index (χ0) is 20.4. The predicted molar refractivity (Wildman–Crippen MR) is 107 cm³/mol. The zero-order valence-electron chi connectivity index (χ0n) is 16.3. The summed E-state index contributed by atoms with van der Waals surface area (Å²) in [5.41, 5.74) is 2.97. The van der Waals surface area contributed by atoms with Crippen molar-refractivity contribution in [2.75, 3.05) is 20.1 Å². The van der Waals surface area contributed by atoms with Gasteiger partial charge in [0.05, 0.1) is 6.54 Å². The molecule has 0 bridgehead atoms. The molecule has 0 aliphatic carbocycles. The van der Waals surface area contributed by atoms with Crippen LogP contribution in [0, 0.1) is 5.82 Å². The molecule has 0 saturated heterocycles. The Hall–Kier alpha value is -2.93. The number of hydrogen-bond acceptors (Lipinski definition) is 3. The fourth-order valence-corrected chi connectivity index (χ4v) is 2.53. The Morgan fingerprint density at radius 2 is 1.61 bits per heavy atom. The van der Waals surface area contributed by atoms with Gasteiger partial charge in [-0.25, -0.2) is 9.18 Å². The van der Waals surface area contributed by atoms with Crippen molar-refractivity contribution < 1.29 is 14.0 Å². The Balaban J connectivity index is 1.68. The molecule has 0 fully saturated rings. The van der Waals surface area contributed by atoms with Crippen molar-refractivity contribution in [1.82, 2.24) is 20.9 Å². The monoisotopic (exact) mass is 386 g/mol. The van der Waals surface area contributed by atoms with Gasteiger partial charge in [-0.3, -0.25) is 4.79 Å². The van der Waals surface area contributed by atoms with Crippen molar-refractivity contribution in [2.24, 2.45) is 0 Å². The Morgan fingerprint density at radius 3 is 2.32 bits per heavy atom. The number of nitrogens with one attached hydrogen (secondary N) is 3. The van der Waals surface area contributed by atoms with E-state index in [2.05, 4.69) is 47.0 Å². The molecule has 0 aliphatic rings. The summed E-state index contributed by atoms with van der Waals surface area (Å²) in [6.07, 6.45) is 0. The molecule has 6 nitrogen and oxygen atoms in total. The summed E-state index contributed by atoms with van der Waals surface area (Å²) in [4.78, 5) is 25.9. The van der Waals surface area contributed by atoms with Crippen LogP contribution in [-0.4, -0.2) is 37.0 Å². The number of benzene rings is 2. The topological polar surface area (TPSA) is 73.5 Å². The van der Waals surface area contributed by atoms with Gasteiger partial charge in [0.1, 0.15) is 5.82 Å². The summed E-state index contributed by atoms with van der Waals surface area (Å²) in [5.74, 6) is -0.596. The summed E-state index contributed by atoms with van der Waals surface area (Å²) in [6.45, 7) is 4.47. The van der Waals surface area contributed by atoms with Crippen molar-refractivity contribution in [1.29, 1.82) is 0 Å². The van der Waals surface area contributed by atoms with Crippen LogP contribution in [0.15, 0.2) is 48.5 Å².